The van der Waals surface area contributed by atoms with E-state index < -0.39 is 11.5 Å². The molecule has 10 heteroatoms. The lowest BCUT2D eigenvalue weighted by Gasteiger charge is -2.10. The van der Waals surface area contributed by atoms with Crippen molar-refractivity contribution in [1.29, 1.82) is 0 Å². The predicted octanol–water partition coefficient (Wildman–Crippen LogP) is 2.63. The molecule has 0 unspecified atom stereocenters. The van der Waals surface area contributed by atoms with Gasteiger partial charge in [-0.15, -0.1) is 0 Å². The molecular weight excluding hydrogens is 412 g/mol. The van der Waals surface area contributed by atoms with E-state index in [4.69, 9.17) is 9.47 Å². The Morgan fingerprint density at radius 3 is 2.59 bits per heavy atom. The summed E-state index contributed by atoms with van der Waals surface area (Å²) in [7, 11) is 4.79. The minimum Gasteiger partial charge on any atom is -0.496 e. The van der Waals surface area contributed by atoms with E-state index in [-0.39, 0.29) is 17.1 Å². The van der Waals surface area contributed by atoms with Crippen LogP contribution in [0.2, 0.25) is 0 Å². The lowest BCUT2D eigenvalue weighted by Crippen LogP contribution is -2.28. The number of pyridine rings is 3. The summed E-state index contributed by atoms with van der Waals surface area (Å²) in [6.07, 6.45) is 8.23. The summed E-state index contributed by atoms with van der Waals surface area (Å²) in [6.45, 7) is 0. The normalized spacial score (nSPS) is 10.6. The van der Waals surface area contributed by atoms with Gasteiger partial charge in [-0.05, 0) is 24.3 Å². The highest BCUT2D eigenvalue weighted by Gasteiger charge is 2.18. The number of hydrogen-bond donors (Lipinski definition) is 1. The van der Waals surface area contributed by atoms with Crippen molar-refractivity contribution in [3.8, 4) is 28.5 Å². The molecule has 0 aromatic carbocycles. The Morgan fingerprint density at radius 1 is 1.06 bits per heavy atom. The molecule has 0 saturated heterocycles. The van der Waals surface area contributed by atoms with Crippen molar-refractivity contribution in [2.75, 3.05) is 12.4 Å². The van der Waals surface area contributed by atoms with Gasteiger partial charge in [-0.25, -0.2) is 4.98 Å². The smallest absolute Gasteiger partial charge is 0.266 e. The zero-order valence-electron chi connectivity index (χ0n) is 17.6. The van der Waals surface area contributed by atoms with Crippen molar-refractivity contribution in [3.63, 3.8) is 0 Å². The van der Waals surface area contributed by atoms with E-state index in [2.05, 4.69) is 20.4 Å². The molecule has 0 radical (unpaired) electrons. The molecule has 162 valence electrons. The first kappa shape index (κ1) is 20.8. The third-order valence-electron chi connectivity index (χ3n) is 4.62. The van der Waals surface area contributed by atoms with Crippen molar-refractivity contribution in [2.24, 2.45) is 14.1 Å². The molecular formula is C22H20N6O4. The van der Waals surface area contributed by atoms with Gasteiger partial charge in [-0.3, -0.25) is 19.3 Å². The summed E-state index contributed by atoms with van der Waals surface area (Å²) in [5.41, 5.74) is 1.03. The minimum atomic E-state index is -0.612. The molecule has 0 fully saturated rings. The summed E-state index contributed by atoms with van der Waals surface area (Å²) in [5.74, 6) is 0.891. The van der Waals surface area contributed by atoms with Crippen molar-refractivity contribution in [2.45, 2.75) is 0 Å². The largest absolute Gasteiger partial charge is 0.496 e. The first-order valence-corrected chi connectivity index (χ1v) is 9.58. The molecule has 4 heterocycles. The quantitative estimate of drug-likeness (QED) is 0.498. The highest BCUT2D eigenvalue weighted by Crippen LogP contribution is 2.25. The Balaban J connectivity index is 1.48. The maximum Gasteiger partial charge on any atom is 0.266 e. The molecule has 0 aliphatic carbocycles. The van der Waals surface area contributed by atoms with Gasteiger partial charge >= 0.3 is 0 Å². The Hall–Kier alpha value is -4.47. The fraction of sp³-hybridized carbons (Fsp3) is 0.136. The topological polar surface area (TPSA) is 113 Å². The van der Waals surface area contributed by atoms with Crippen molar-refractivity contribution in [3.05, 3.63) is 77.2 Å². The summed E-state index contributed by atoms with van der Waals surface area (Å²) in [4.78, 5) is 33.5. The Morgan fingerprint density at radius 2 is 1.91 bits per heavy atom. The van der Waals surface area contributed by atoms with Crippen LogP contribution in [-0.2, 0) is 14.1 Å². The lowest BCUT2D eigenvalue weighted by atomic mass is 10.2. The summed E-state index contributed by atoms with van der Waals surface area (Å²) in [5, 5.41) is 6.75. The SMILES string of the molecule is COc1ccn(C)c(=O)c1C(=O)Nc1ccc(Oc2ccnc(-c3cnn(C)c3)c2)cn1. The summed E-state index contributed by atoms with van der Waals surface area (Å²) >= 11 is 0. The first-order chi connectivity index (χ1) is 15.4. The zero-order valence-corrected chi connectivity index (χ0v) is 17.6. The van der Waals surface area contributed by atoms with E-state index in [0.29, 0.717) is 11.5 Å². The Labute approximate surface area is 183 Å². The molecule has 10 nitrogen and oxygen atoms in total. The van der Waals surface area contributed by atoms with Crippen LogP contribution in [0.25, 0.3) is 11.3 Å². The van der Waals surface area contributed by atoms with Crippen LogP contribution >= 0.6 is 0 Å². The second kappa shape index (κ2) is 8.72. The van der Waals surface area contributed by atoms with Crippen LogP contribution in [0, 0.1) is 0 Å². The van der Waals surface area contributed by atoms with E-state index in [1.807, 2.05) is 13.2 Å². The van der Waals surface area contributed by atoms with E-state index in [0.717, 1.165) is 11.3 Å². The van der Waals surface area contributed by atoms with Crippen molar-refractivity contribution < 1.29 is 14.3 Å². The number of carbonyl (C=O) groups is 1. The molecule has 0 aliphatic rings. The maximum absolute atomic E-state index is 12.6. The highest BCUT2D eigenvalue weighted by atomic mass is 16.5. The number of aryl methyl sites for hydroxylation is 2. The number of methoxy groups -OCH3 is 1. The molecule has 4 rings (SSSR count). The minimum absolute atomic E-state index is 0.0978. The van der Waals surface area contributed by atoms with Gasteiger partial charge in [0.05, 0.1) is 25.2 Å². The Bertz CT molecular complexity index is 1330. The van der Waals surface area contributed by atoms with Crippen LogP contribution in [0.4, 0.5) is 5.82 Å². The van der Waals surface area contributed by atoms with Gasteiger partial charge in [-0.2, -0.15) is 5.10 Å². The van der Waals surface area contributed by atoms with E-state index >= 15 is 0 Å². The summed E-state index contributed by atoms with van der Waals surface area (Å²) in [6, 6.07) is 8.32. The van der Waals surface area contributed by atoms with Gasteiger partial charge in [0, 0.05) is 44.3 Å². The van der Waals surface area contributed by atoms with Gasteiger partial charge in [-0.1, -0.05) is 0 Å². The van der Waals surface area contributed by atoms with Crippen LogP contribution in [0.1, 0.15) is 10.4 Å². The predicted molar refractivity (Wildman–Crippen MR) is 117 cm³/mol. The molecule has 0 bridgehead atoms. The molecule has 0 saturated carbocycles. The van der Waals surface area contributed by atoms with Gasteiger partial charge < -0.3 is 19.4 Å². The molecule has 1 amide bonds. The molecule has 0 atom stereocenters. The average molecular weight is 432 g/mol. The fourth-order valence-electron chi connectivity index (χ4n) is 3.01. The van der Waals surface area contributed by atoms with E-state index in [1.165, 1.54) is 24.1 Å². The second-order valence-electron chi connectivity index (χ2n) is 6.89. The third kappa shape index (κ3) is 4.33. The van der Waals surface area contributed by atoms with Crippen LogP contribution < -0.4 is 20.3 Å². The zero-order chi connectivity index (χ0) is 22.7. The lowest BCUT2D eigenvalue weighted by molar-refractivity contribution is 0.102. The van der Waals surface area contributed by atoms with Crippen LogP contribution in [0.3, 0.4) is 0 Å². The summed E-state index contributed by atoms with van der Waals surface area (Å²) < 4.78 is 14.0. The third-order valence-corrected chi connectivity index (χ3v) is 4.62. The molecule has 4 aromatic heterocycles. The number of nitrogens with one attached hydrogen (secondary N) is 1. The van der Waals surface area contributed by atoms with Crippen LogP contribution in [0.5, 0.6) is 17.2 Å². The van der Waals surface area contributed by atoms with Crippen LogP contribution in [0.15, 0.2) is 66.1 Å². The Kier molecular flexibility index (Phi) is 5.67. The monoisotopic (exact) mass is 432 g/mol. The van der Waals surface area contributed by atoms with Crippen LogP contribution in [-0.4, -0.2) is 37.3 Å². The molecule has 4 aromatic rings. The second-order valence-corrected chi connectivity index (χ2v) is 6.89. The number of rotatable bonds is 6. The van der Waals surface area contributed by atoms with Gasteiger partial charge in [0.1, 0.15) is 28.6 Å². The first-order valence-electron chi connectivity index (χ1n) is 9.58. The maximum atomic E-state index is 12.6. The number of hydrogen-bond acceptors (Lipinski definition) is 7. The number of amides is 1. The van der Waals surface area contributed by atoms with Gasteiger partial charge in [0.15, 0.2) is 0 Å². The number of aromatic nitrogens is 5. The number of nitrogens with zero attached hydrogens (tertiary/aromatic N) is 5. The molecule has 32 heavy (non-hydrogen) atoms. The number of anilines is 1. The van der Waals surface area contributed by atoms with Crippen molar-refractivity contribution in [1.82, 2.24) is 24.3 Å². The van der Waals surface area contributed by atoms with E-state index in [9.17, 15) is 9.59 Å². The number of ether oxygens (including phenoxy) is 2. The highest BCUT2D eigenvalue weighted by molar-refractivity contribution is 6.05. The van der Waals surface area contributed by atoms with Gasteiger partial charge in [0.25, 0.3) is 11.5 Å². The van der Waals surface area contributed by atoms with Gasteiger partial charge in [0.2, 0.25) is 0 Å². The number of carbonyl (C=O) groups excluding carboxylic acids is 1. The molecule has 0 aliphatic heterocycles. The van der Waals surface area contributed by atoms with Crippen molar-refractivity contribution >= 4 is 11.7 Å². The molecule has 1 N–H and O–H groups in total. The molecule has 0 spiro atoms. The average Bonchev–Trinajstić information content (AvgIpc) is 3.23. The standard InChI is InChI=1S/C22H20N6O4/c1-27-9-7-18(31-3)20(22(27)30)21(29)26-19-5-4-16(12-24-19)32-15-6-8-23-17(10-15)14-11-25-28(2)13-14/h4-13H,1-3H3,(H,24,26,29). The fourth-order valence-corrected chi connectivity index (χ4v) is 3.01. The van der Waals surface area contributed by atoms with E-state index in [1.54, 1.807) is 54.5 Å².